The number of aryl methyl sites for hydroxylation is 2. The molecule has 0 unspecified atom stereocenters. The molecule has 0 saturated carbocycles. The van der Waals surface area contributed by atoms with E-state index in [0.717, 1.165) is 50.9 Å². The first kappa shape index (κ1) is 56.1. The molecule has 7 aromatic rings. The number of carbonyl (C=O) groups excluding carboxylic acids is 3. The van der Waals surface area contributed by atoms with E-state index in [1.807, 2.05) is 144 Å². The van der Waals surface area contributed by atoms with Crippen molar-refractivity contribution in [2.75, 3.05) is 46.5 Å². The maximum atomic E-state index is 12.7. The topological polar surface area (TPSA) is 193 Å². The SMILES string of the molecule is COC(=O)[C@H]1CN(C(=O)OC(C)(C)C)C[C@H]1Cc1cccc(OCCc2nc(-c3ccccc3)oc2C)c1.Cc1oc(-c2ccccc2)nc1CCOc1cccc(C[C@@H]2CN(C(=O)Oc3ccc(Cl)cc3)C[C@@H]2C(=O)O)c1. The molecule has 0 radical (unpaired) electrons. The van der Waals surface area contributed by atoms with Gasteiger partial charge in [0.25, 0.3) is 0 Å². The first-order chi connectivity index (χ1) is 37.5. The van der Waals surface area contributed by atoms with Crippen molar-refractivity contribution < 1.29 is 56.8 Å². The predicted molar refractivity (Wildman–Crippen MR) is 293 cm³/mol. The highest BCUT2D eigenvalue weighted by Crippen LogP contribution is 2.32. The number of amides is 2. The van der Waals surface area contributed by atoms with Crippen molar-refractivity contribution in [3.63, 3.8) is 0 Å². The van der Waals surface area contributed by atoms with Crippen LogP contribution in [0.3, 0.4) is 0 Å². The van der Waals surface area contributed by atoms with Crippen LogP contribution in [0.25, 0.3) is 22.9 Å². The number of likely N-dealkylation sites (tertiary alicyclic amines) is 2. The molecule has 16 nitrogen and oxygen atoms in total. The lowest BCUT2D eigenvalue weighted by molar-refractivity contribution is -0.146. The largest absolute Gasteiger partial charge is 0.493 e. The number of aliphatic carboxylic acids is 1. The van der Waals surface area contributed by atoms with Gasteiger partial charge in [0.2, 0.25) is 11.8 Å². The number of methoxy groups -OCH3 is 1. The molecule has 2 aliphatic rings. The molecule has 5 aromatic carbocycles. The van der Waals surface area contributed by atoms with Crippen LogP contribution in [0.4, 0.5) is 9.59 Å². The number of carboxylic acid groups (broad SMARTS) is 1. The highest BCUT2D eigenvalue weighted by molar-refractivity contribution is 6.30. The molecule has 9 rings (SSSR count). The molecule has 4 heterocycles. The van der Waals surface area contributed by atoms with Crippen LogP contribution in [0.15, 0.2) is 142 Å². The molecule has 0 bridgehead atoms. The lowest BCUT2D eigenvalue weighted by Gasteiger charge is -2.24. The number of benzene rings is 5. The summed E-state index contributed by atoms with van der Waals surface area (Å²) in [6.45, 7) is 11.2. The van der Waals surface area contributed by atoms with Gasteiger partial charge in [-0.25, -0.2) is 19.6 Å². The Labute approximate surface area is 459 Å². The molecular weight excluding hydrogens is 1020 g/mol. The Morgan fingerprint density at radius 1 is 0.615 bits per heavy atom. The average molecular weight is 1080 g/mol. The summed E-state index contributed by atoms with van der Waals surface area (Å²) < 4.78 is 39.7. The van der Waals surface area contributed by atoms with Crippen LogP contribution in [0.1, 0.15) is 54.8 Å². The summed E-state index contributed by atoms with van der Waals surface area (Å²) in [7, 11) is 1.38. The number of hydrogen-bond donors (Lipinski definition) is 1. The Morgan fingerprint density at radius 3 is 1.56 bits per heavy atom. The van der Waals surface area contributed by atoms with Gasteiger partial charge in [0.1, 0.15) is 34.4 Å². The second-order valence-electron chi connectivity index (χ2n) is 20.4. The first-order valence-electron chi connectivity index (χ1n) is 26.0. The summed E-state index contributed by atoms with van der Waals surface area (Å²) in [6, 6.07) is 41.5. The van der Waals surface area contributed by atoms with Gasteiger partial charge in [0.05, 0.1) is 43.5 Å². The summed E-state index contributed by atoms with van der Waals surface area (Å²) in [5.74, 6) is 1.82. The Hall–Kier alpha value is -8.11. The molecule has 2 aliphatic heterocycles. The van der Waals surface area contributed by atoms with Crippen molar-refractivity contribution >= 4 is 35.7 Å². The number of halogens is 1. The van der Waals surface area contributed by atoms with Gasteiger partial charge in [0.15, 0.2) is 0 Å². The van der Waals surface area contributed by atoms with E-state index in [4.69, 9.17) is 44.1 Å². The minimum absolute atomic E-state index is 0.0839. The van der Waals surface area contributed by atoms with E-state index in [1.54, 1.807) is 29.2 Å². The monoisotopic (exact) mass is 1080 g/mol. The second-order valence-corrected chi connectivity index (χ2v) is 20.8. The highest BCUT2D eigenvalue weighted by atomic mass is 35.5. The van der Waals surface area contributed by atoms with Crippen LogP contribution in [0.2, 0.25) is 5.02 Å². The molecule has 78 heavy (non-hydrogen) atoms. The van der Waals surface area contributed by atoms with Gasteiger partial charge in [-0.1, -0.05) is 72.3 Å². The van der Waals surface area contributed by atoms with Crippen molar-refractivity contribution in [1.29, 1.82) is 0 Å². The molecule has 17 heteroatoms. The highest BCUT2D eigenvalue weighted by Gasteiger charge is 2.42. The third-order valence-corrected chi connectivity index (χ3v) is 13.7. The smallest absolute Gasteiger partial charge is 0.415 e. The number of carboxylic acids is 1. The van der Waals surface area contributed by atoms with Crippen LogP contribution in [0.5, 0.6) is 17.2 Å². The minimum Gasteiger partial charge on any atom is -0.493 e. The van der Waals surface area contributed by atoms with E-state index in [-0.39, 0.29) is 37.4 Å². The summed E-state index contributed by atoms with van der Waals surface area (Å²) in [5.41, 5.74) is 4.94. The first-order valence-corrected chi connectivity index (χ1v) is 26.3. The van der Waals surface area contributed by atoms with Gasteiger partial charge >= 0.3 is 24.1 Å². The summed E-state index contributed by atoms with van der Waals surface area (Å²) >= 11 is 5.89. The number of nitrogens with zero attached hydrogens (tertiary/aromatic N) is 4. The van der Waals surface area contributed by atoms with Gasteiger partial charge in [-0.05, 0) is 143 Å². The van der Waals surface area contributed by atoms with Crippen molar-refractivity contribution in [3.8, 4) is 40.2 Å². The van der Waals surface area contributed by atoms with E-state index >= 15 is 0 Å². The summed E-state index contributed by atoms with van der Waals surface area (Å²) in [4.78, 5) is 62.1. The fraction of sp³-hybridized carbons (Fsp3) is 0.344. The molecule has 1 N–H and O–H groups in total. The molecule has 408 valence electrons. The number of hydrogen-bond acceptors (Lipinski definition) is 13. The molecular formula is C61H65ClN4O12. The fourth-order valence-corrected chi connectivity index (χ4v) is 9.66. The van der Waals surface area contributed by atoms with Crippen LogP contribution in [-0.4, -0.2) is 101 Å². The lowest BCUT2D eigenvalue weighted by Crippen LogP contribution is -2.36. The van der Waals surface area contributed by atoms with Crippen molar-refractivity contribution in [2.45, 2.75) is 65.9 Å². The van der Waals surface area contributed by atoms with Gasteiger partial charge in [-0.2, -0.15) is 0 Å². The van der Waals surface area contributed by atoms with Gasteiger partial charge in [0, 0.05) is 55.2 Å². The summed E-state index contributed by atoms with van der Waals surface area (Å²) in [5, 5.41) is 10.4. The molecule has 0 spiro atoms. The van der Waals surface area contributed by atoms with E-state index in [9.17, 15) is 24.3 Å². The quantitative estimate of drug-likeness (QED) is 0.0846. The van der Waals surface area contributed by atoms with Crippen LogP contribution < -0.4 is 14.2 Å². The van der Waals surface area contributed by atoms with E-state index < -0.39 is 35.6 Å². The molecule has 4 atom stereocenters. The number of ether oxygens (including phenoxy) is 5. The maximum Gasteiger partial charge on any atom is 0.415 e. The Bertz CT molecular complexity index is 3140. The van der Waals surface area contributed by atoms with Crippen molar-refractivity contribution in [3.05, 3.63) is 173 Å². The van der Waals surface area contributed by atoms with Gasteiger partial charge in [-0.3, -0.25) is 9.59 Å². The van der Waals surface area contributed by atoms with Crippen LogP contribution in [-0.2, 0) is 44.7 Å². The van der Waals surface area contributed by atoms with Crippen molar-refractivity contribution in [2.24, 2.45) is 23.7 Å². The van der Waals surface area contributed by atoms with Gasteiger partial charge < -0.3 is 47.4 Å². The van der Waals surface area contributed by atoms with Crippen molar-refractivity contribution in [1.82, 2.24) is 19.8 Å². The molecule has 2 aromatic heterocycles. The third-order valence-electron chi connectivity index (χ3n) is 13.5. The van der Waals surface area contributed by atoms with Crippen LogP contribution in [0, 0.1) is 37.5 Å². The second kappa shape index (κ2) is 25.8. The van der Waals surface area contributed by atoms with E-state index in [1.165, 1.54) is 12.0 Å². The molecule has 2 amide bonds. The third kappa shape index (κ3) is 15.3. The number of oxazole rings is 2. The minimum atomic E-state index is -0.933. The fourth-order valence-electron chi connectivity index (χ4n) is 9.54. The van der Waals surface area contributed by atoms with Gasteiger partial charge in [-0.15, -0.1) is 0 Å². The molecule has 0 aliphatic carbocycles. The standard InChI is InChI=1S/C31H29ClN2O6.C30H36N2O6/c1-20-28(33-29(39-20)22-7-3-2-4-8-22)14-15-38-26-9-5-6-21(17-26)16-23-18-34(19-27(23)30(35)36)31(37)40-25-12-10-24(32)11-13-25;1-20-26(31-27(37-20)22-11-7-6-8-12-22)14-15-36-24-13-9-10-21(17-24)16-23-18-32(19-25(23)28(33)35-5)29(34)38-30(2,3)4/h2-13,17,23,27H,14-16,18-19H2,1H3,(H,35,36);6-13,17,23,25H,14-16,18-19H2,1-5H3/t23-,27+;23-,25+/m11/s1. The van der Waals surface area contributed by atoms with E-state index in [2.05, 4.69) is 9.97 Å². The zero-order chi connectivity index (χ0) is 55.3. The molecule has 2 fully saturated rings. The normalized spacial score (nSPS) is 17.0. The predicted octanol–water partition coefficient (Wildman–Crippen LogP) is 11.8. The Kier molecular flexibility index (Phi) is 18.6. The summed E-state index contributed by atoms with van der Waals surface area (Å²) in [6.07, 6.45) is 1.31. The average Bonchev–Trinajstić information content (AvgIpc) is 4.24. The Morgan fingerprint density at radius 2 is 1.09 bits per heavy atom. The Balaban J connectivity index is 0.000000206. The molecule has 2 saturated heterocycles. The van der Waals surface area contributed by atoms with Crippen LogP contribution >= 0.6 is 11.6 Å². The zero-order valence-electron chi connectivity index (χ0n) is 44.7. The van der Waals surface area contributed by atoms with E-state index in [0.29, 0.717) is 73.7 Å². The maximum absolute atomic E-state index is 12.7. The number of esters is 1. The number of carbonyl (C=O) groups is 4. The number of aromatic nitrogens is 2. The lowest BCUT2D eigenvalue weighted by atomic mass is 9.89. The zero-order valence-corrected chi connectivity index (χ0v) is 45.4. The number of rotatable bonds is 17.